The minimum absolute atomic E-state index is 0.237. The zero-order valence-electron chi connectivity index (χ0n) is 19.5. The molecule has 1 aromatic rings. The first-order valence-corrected chi connectivity index (χ1v) is 14.5. The molecule has 0 radical (unpaired) electrons. The van der Waals surface area contributed by atoms with E-state index in [2.05, 4.69) is 42.9 Å². The van der Waals surface area contributed by atoms with Crippen molar-refractivity contribution in [2.75, 3.05) is 50.0 Å². The molecule has 0 amide bonds. The lowest BCUT2D eigenvalue weighted by atomic mass is 9.71. The monoisotopic (exact) mass is 580 g/mol. The van der Waals surface area contributed by atoms with Crippen LogP contribution in [0.2, 0.25) is 0 Å². The van der Waals surface area contributed by atoms with E-state index in [1.165, 1.54) is 4.31 Å². The summed E-state index contributed by atoms with van der Waals surface area (Å²) in [5, 5.41) is 0. The fourth-order valence-electron chi connectivity index (χ4n) is 5.12. The van der Waals surface area contributed by atoms with Gasteiger partial charge in [0.15, 0.2) is 0 Å². The van der Waals surface area contributed by atoms with Crippen molar-refractivity contribution < 1.29 is 26.3 Å². The van der Waals surface area contributed by atoms with E-state index in [1.807, 2.05) is 0 Å². The summed E-state index contributed by atoms with van der Waals surface area (Å²) in [5.74, 6) is 1.67. The Morgan fingerprint density at radius 2 is 1.66 bits per heavy atom. The fraction of sp³-hybridized carbons (Fsp3) is 0.739. The van der Waals surface area contributed by atoms with E-state index in [1.54, 1.807) is 12.4 Å². The summed E-state index contributed by atoms with van der Waals surface area (Å²) in [7, 11) is -3.86. The second-order valence-electron chi connectivity index (χ2n) is 9.71. The highest BCUT2D eigenvalue weighted by atomic mass is 79.9. The molecule has 0 saturated carbocycles. The molecule has 0 aromatic carbocycles. The van der Waals surface area contributed by atoms with Crippen LogP contribution in [0.25, 0.3) is 0 Å². The van der Waals surface area contributed by atoms with Crippen molar-refractivity contribution in [1.82, 2.24) is 14.3 Å². The van der Waals surface area contributed by atoms with Crippen LogP contribution in [0.3, 0.4) is 0 Å². The Kier molecular flexibility index (Phi) is 8.76. The number of hydrogen-bond donors (Lipinski definition) is 0. The summed E-state index contributed by atoms with van der Waals surface area (Å²) in [6.45, 7) is 3.62. The van der Waals surface area contributed by atoms with Crippen LogP contribution in [0.15, 0.2) is 29.0 Å². The van der Waals surface area contributed by atoms with Crippen molar-refractivity contribution in [3.8, 4) is 0 Å². The maximum absolute atomic E-state index is 12.4. The number of nitrogens with zero attached hydrogens (tertiary/aromatic N) is 4. The van der Waals surface area contributed by atoms with E-state index >= 15 is 0 Å². The number of allylic oxidation sites excluding steroid dienone is 1. The van der Waals surface area contributed by atoms with Gasteiger partial charge in [0, 0.05) is 51.1 Å². The topological polar surface area (TPSA) is 75.6 Å². The maximum atomic E-state index is 12.4. The first-order chi connectivity index (χ1) is 16.6. The Hall–Kier alpha value is -1.24. The molecule has 35 heavy (non-hydrogen) atoms. The Morgan fingerprint density at radius 1 is 1.00 bits per heavy atom. The van der Waals surface area contributed by atoms with Crippen LogP contribution in [0.1, 0.15) is 32.1 Å². The van der Waals surface area contributed by atoms with Gasteiger partial charge in [0.2, 0.25) is 16.0 Å². The molecule has 7 nitrogen and oxygen atoms in total. The third kappa shape index (κ3) is 7.39. The summed E-state index contributed by atoms with van der Waals surface area (Å²) in [6, 6.07) is 0. The minimum Gasteiger partial charge on any atom is -0.381 e. The van der Waals surface area contributed by atoms with E-state index in [0.29, 0.717) is 43.8 Å². The van der Waals surface area contributed by atoms with Gasteiger partial charge in [-0.2, -0.15) is 13.2 Å². The van der Waals surface area contributed by atoms with Gasteiger partial charge in [0.05, 0.1) is 23.3 Å². The minimum atomic E-state index is -4.46. The van der Waals surface area contributed by atoms with E-state index in [9.17, 15) is 21.6 Å². The van der Waals surface area contributed by atoms with Crippen LogP contribution >= 0.6 is 15.9 Å². The van der Waals surface area contributed by atoms with Crippen LogP contribution in [-0.4, -0.2) is 74.0 Å². The zero-order chi connectivity index (χ0) is 25.1. The lowest BCUT2D eigenvalue weighted by Gasteiger charge is -2.41. The molecule has 1 aliphatic carbocycles. The molecule has 3 aliphatic rings. The molecule has 0 spiro atoms. The predicted molar refractivity (Wildman–Crippen MR) is 130 cm³/mol. The van der Waals surface area contributed by atoms with E-state index in [0.717, 1.165) is 36.4 Å². The third-order valence-corrected chi connectivity index (χ3v) is 9.60. The van der Waals surface area contributed by atoms with Gasteiger partial charge in [-0.1, -0.05) is 12.2 Å². The first kappa shape index (κ1) is 26.8. The van der Waals surface area contributed by atoms with Crippen LogP contribution in [-0.2, 0) is 14.8 Å². The van der Waals surface area contributed by atoms with Gasteiger partial charge >= 0.3 is 6.18 Å². The van der Waals surface area contributed by atoms with Crippen molar-refractivity contribution in [2.24, 2.45) is 23.7 Å². The van der Waals surface area contributed by atoms with Gasteiger partial charge in [-0.05, 0) is 59.4 Å². The molecule has 196 valence electrons. The smallest absolute Gasteiger partial charge is 0.381 e. The molecule has 0 N–H and O–H groups in total. The fourth-order valence-corrected chi connectivity index (χ4v) is 6.84. The lowest BCUT2D eigenvalue weighted by Crippen LogP contribution is -2.42. The molecular formula is C23H32BrF3N4O3S. The summed E-state index contributed by atoms with van der Waals surface area (Å²) in [6.07, 6.45) is 5.69. The highest BCUT2D eigenvalue weighted by Crippen LogP contribution is 2.38. The van der Waals surface area contributed by atoms with Gasteiger partial charge in [-0.3, -0.25) is 0 Å². The Bertz CT molecular complexity index is 961. The van der Waals surface area contributed by atoms with Crippen molar-refractivity contribution >= 4 is 31.9 Å². The number of halogens is 4. The molecular weight excluding hydrogens is 549 g/mol. The largest absolute Gasteiger partial charge is 0.390 e. The van der Waals surface area contributed by atoms with Crippen molar-refractivity contribution in [3.63, 3.8) is 0 Å². The number of hydrogen-bond acceptors (Lipinski definition) is 6. The second kappa shape index (κ2) is 11.4. The number of ether oxygens (including phenoxy) is 1. The normalized spacial score (nSPS) is 25.1. The average molecular weight is 581 g/mol. The molecule has 1 aromatic heterocycles. The van der Waals surface area contributed by atoms with Gasteiger partial charge < -0.3 is 9.64 Å². The van der Waals surface area contributed by atoms with Crippen LogP contribution in [0, 0.1) is 23.7 Å². The Labute approximate surface area is 213 Å². The quantitative estimate of drug-likeness (QED) is 0.406. The molecule has 2 atom stereocenters. The predicted octanol–water partition coefficient (Wildman–Crippen LogP) is 4.27. The van der Waals surface area contributed by atoms with Crippen LogP contribution < -0.4 is 4.90 Å². The zero-order valence-corrected chi connectivity index (χ0v) is 21.9. The first-order valence-electron chi connectivity index (χ1n) is 12.1. The van der Waals surface area contributed by atoms with E-state index in [-0.39, 0.29) is 19.0 Å². The maximum Gasteiger partial charge on any atom is 0.390 e. The number of alkyl halides is 3. The third-order valence-electron chi connectivity index (χ3n) is 7.32. The van der Waals surface area contributed by atoms with Crippen molar-refractivity contribution in [1.29, 1.82) is 0 Å². The molecule has 0 unspecified atom stereocenters. The SMILES string of the molecule is O=S(=O)(CCC(F)(F)F)N1CCC(COC[C@@H]2C=C[C@@H]2C2CCN(c3ncc(Br)cn3)CC2)CC1. The number of anilines is 1. The van der Waals surface area contributed by atoms with Crippen molar-refractivity contribution in [2.45, 2.75) is 38.3 Å². The standard InChI is InChI=1S/C23H32BrF3N4O3S/c24-20-13-28-22(29-14-20)30-8-5-18(6-9-30)21-2-1-19(21)16-34-15-17-3-10-31(11-4-17)35(32,33)12-7-23(25,26)27/h1-2,13-14,17-19,21H,3-12,15-16H2/t19-,21+/m0/s1. The lowest BCUT2D eigenvalue weighted by molar-refractivity contribution is -0.130. The van der Waals surface area contributed by atoms with E-state index in [4.69, 9.17) is 4.74 Å². The number of aromatic nitrogens is 2. The molecule has 4 rings (SSSR count). The summed E-state index contributed by atoms with van der Waals surface area (Å²) < 4.78 is 69.6. The molecule has 2 saturated heterocycles. The second-order valence-corrected chi connectivity index (χ2v) is 12.7. The molecule has 2 fully saturated rings. The molecule has 2 aliphatic heterocycles. The van der Waals surface area contributed by atoms with Crippen LogP contribution in [0.4, 0.5) is 19.1 Å². The molecule has 3 heterocycles. The van der Waals surface area contributed by atoms with Gasteiger partial charge in [-0.25, -0.2) is 22.7 Å². The summed E-state index contributed by atoms with van der Waals surface area (Å²) in [4.78, 5) is 11.0. The van der Waals surface area contributed by atoms with Crippen LogP contribution in [0.5, 0.6) is 0 Å². The highest BCUT2D eigenvalue weighted by Gasteiger charge is 2.36. The number of rotatable bonds is 9. The van der Waals surface area contributed by atoms with Gasteiger partial charge in [0.1, 0.15) is 0 Å². The molecule has 12 heteroatoms. The number of sulfonamides is 1. The van der Waals surface area contributed by atoms with Gasteiger partial charge in [-0.15, -0.1) is 0 Å². The van der Waals surface area contributed by atoms with E-state index < -0.39 is 28.4 Å². The summed E-state index contributed by atoms with van der Waals surface area (Å²) in [5.41, 5.74) is 0. The van der Waals surface area contributed by atoms with Gasteiger partial charge in [0.25, 0.3) is 0 Å². The van der Waals surface area contributed by atoms with Crippen molar-refractivity contribution in [3.05, 3.63) is 29.0 Å². The summed E-state index contributed by atoms with van der Waals surface area (Å²) >= 11 is 3.37. The highest BCUT2D eigenvalue weighted by molar-refractivity contribution is 9.10. The Morgan fingerprint density at radius 3 is 2.23 bits per heavy atom. The average Bonchev–Trinajstić information content (AvgIpc) is 2.81. The Balaban J connectivity index is 1.13. The molecule has 0 bridgehead atoms. The number of piperidine rings is 2.